The van der Waals surface area contributed by atoms with E-state index in [4.69, 9.17) is 0 Å². The topological polar surface area (TPSA) is 82.6 Å². The van der Waals surface area contributed by atoms with Crippen LogP contribution in [0.25, 0.3) is 0 Å². The molecule has 184 valence electrons. The third kappa shape index (κ3) is 4.11. The van der Waals surface area contributed by atoms with Gasteiger partial charge in [0.15, 0.2) is 15.5 Å². The molecule has 0 radical (unpaired) electrons. The van der Waals surface area contributed by atoms with Gasteiger partial charge in [-0.05, 0) is 30.3 Å². The van der Waals surface area contributed by atoms with Gasteiger partial charge in [0.05, 0.1) is 21.8 Å². The molecule has 1 N–H and O–H groups in total. The molecule has 34 heavy (non-hydrogen) atoms. The Labute approximate surface area is 192 Å². The summed E-state index contributed by atoms with van der Waals surface area (Å²) in [7, 11) is -3.73. The highest BCUT2D eigenvalue weighted by molar-refractivity contribution is 7.92. The molecular formula is C21H21F5N4O3S. The van der Waals surface area contributed by atoms with Crippen molar-refractivity contribution in [2.45, 2.75) is 30.8 Å². The smallest absolute Gasteiger partial charge is 0.370 e. The van der Waals surface area contributed by atoms with Crippen molar-refractivity contribution in [2.24, 2.45) is 11.8 Å². The molecule has 0 unspecified atom stereocenters. The maximum absolute atomic E-state index is 14.5. The average molecular weight is 504 g/mol. The molecular weight excluding hydrogens is 483 g/mol. The lowest BCUT2D eigenvalue weighted by Crippen LogP contribution is -2.59. The standard InChI is InChI=1S/C21H21F5N4O3S/c1-12-9-29(10-13(2)20(12,22)23)30(14-5-6-16-17(8-14)34(32,33)11-28-16)19(31)15-4-3-7-27-18(15)21(24,25)26/h3-8,12-13,28H,9-11H2,1-2H3/t12-,13+. The summed E-state index contributed by atoms with van der Waals surface area (Å²) in [6.45, 7) is 1.89. The third-order valence-corrected chi connectivity index (χ3v) is 7.59. The lowest BCUT2D eigenvalue weighted by atomic mass is 9.88. The molecule has 2 aliphatic rings. The van der Waals surface area contributed by atoms with Crippen LogP contribution in [0.1, 0.15) is 29.9 Å². The summed E-state index contributed by atoms with van der Waals surface area (Å²) in [5.41, 5.74) is -1.99. The predicted molar refractivity (Wildman–Crippen MR) is 113 cm³/mol. The van der Waals surface area contributed by atoms with Crippen LogP contribution in [0.5, 0.6) is 0 Å². The third-order valence-electron chi connectivity index (χ3n) is 6.06. The van der Waals surface area contributed by atoms with Crippen LogP contribution in [0.4, 0.5) is 33.3 Å². The van der Waals surface area contributed by atoms with Crippen molar-refractivity contribution in [3.8, 4) is 0 Å². The van der Waals surface area contributed by atoms with Crippen LogP contribution in [-0.4, -0.2) is 49.2 Å². The van der Waals surface area contributed by atoms with Gasteiger partial charge < -0.3 is 5.32 Å². The lowest BCUT2D eigenvalue weighted by Gasteiger charge is -2.45. The Morgan fingerprint density at radius 2 is 1.82 bits per heavy atom. The number of sulfone groups is 1. The number of nitrogens with zero attached hydrogens (tertiary/aromatic N) is 3. The SMILES string of the molecule is C[C@@H]1CN(N(C(=O)c2cccnc2C(F)(F)F)c2ccc3c(c2)S(=O)(=O)CN3)C[C@H](C)C1(F)F. The summed E-state index contributed by atoms with van der Waals surface area (Å²) in [6.07, 6.45) is -4.05. The average Bonchev–Trinajstić information content (AvgIpc) is 3.06. The van der Waals surface area contributed by atoms with Crippen molar-refractivity contribution < 1.29 is 35.2 Å². The molecule has 1 aromatic carbocycles. The van der Waals surface area contributed by atoms with E-state index in [2.05, 4.69) is 10.3 Å². The molecule has 1 amide bonds. The van der Waals surface area contributed by atoms with Crippen LogP contribution in [0.15, 0.2) is 41.4 Å². The zero-order chi connectivity index (χ0) is 25.1. The number of pyridine rings is 1. The number of hydrazine groups is 1. The first kappa shape index (κ1) is 24.3. The van der Waals surface area contributed by atoms with Crippen LogP contribution in [-0.2, 0) is 16.0 Å². The Morgan fingerprint density at radius 3 is 2.44 bits per heavy atom. The van der Waals surface area contributed by atoms with E-state index in [-0.39, 0.29) is 35.2 Å². The van der Waals surface area contributed by atoms with Gasteiger partial charge in [-0.1, -0.05) is 13.8 Å². The maximum Gasteiger partial charge on any atom is 0.434 e. The maximum atomic E-state index is 14.5. The summed E-state index contributed by atoms with van der Waals surface area (Å²) >= 11 is 0. The quantitative estimate of drug-likeness (QED) is 0.636. The minimum Gasteiger partial charge on any atom is -0.370 e. The molecule has 2 aromatic rings. The number of halogens is 5. The molecule has 3 heterocycles. The van der Waals surface area contributed by atoms with Gasteiger partial charge in [-0.25, -0.2) is 27.2 Å². The van der Waals surface area contributed by atoms with E-state index in [1.807, 2.05) is 0 Å². The first-order valence-corrected chi connectivity index (χ1v) is 12.0. The first-order valence-electron chi connectivity index (χ1n) is 10.3. The molecule has 2 atom stereocenters. The molecule has 1 saturated heterocycles. The van der Waals surface area contributed by atoms with Crippen molar-refractivity contribution in [3.05, 3.63) is 47.8 Å². The fourth-order valence-corrected chi connectivity index (χ4v) is 5.50. The van der Waals surface area contributed by atoms with Crippen molar-refractivity contribution >= 4 is 27.1 Å². The van der Waals surface area contributed by atoms with E-state index in [1.165, 1.54) is 31.0 Å². The molecule has 4 rings (SSSR count). The van der Waals surface area contributed by atoms with Gasteiger partial charge in [0.1, 0.15) is 5.88 Å². The number of anilines is 2. The van der Waals surface area contributed by atoms with Crippen LogP contribution in [0.3, 0.4) is 0 Å². The largest absolute Gasteiger partial charge is 0.434 e. The Hall–Kier alpha value is -2.80. The zero-order valence-electron chi connectivity index (χ0n) is 18.1. The number of nitrogens with one attached hydrogen (secondary N) is 1. The number of carbonyl (C=O) groups excluding carboxylic acids is 1. The van der Waals surface area contributed by atoms with Crippen LogP contribution in [0.2, 0.25) is 0 Å². The van der Waals surface area contributed by atoms with Crippen molar-refractivity contribution in [2.75, 3.05) is 29.3 Å². The molecule has 0 aliphatic carbocycles. The Morgan fingerprint density at radius 1 is 1.18 bits per heavy atom. The summed E-state index contributed by atoms with van der Waals surface area (Å²) in [5, 5.41) is 4.77. The molecule has 0 bridgehead atoms. The van der Waals surface area contributed by atoms with Gasteiger partial charge >= 0.3 is 6.18 Å². The normalized spacial score (nSPS) is 23.7. The fraction of sp³-hybridized carbons (Fsp3) is 0.429. The van der Waals surface area contributed by atoms with E-state index in [0.29, 0.717) is 0 Å². The molecule has 0 saturated carbocycles. The second-order valence-electron chi connectivity index (χ2n) is 8.48. The number of amides is 1. The summed E-state index contributed by atoms with van der Waals surface area (Å²) < 4.78 is 94.5. The van der Waals surface area contributed by atoms with Crippen molar-refractivity contribution in [1.82, 2.24) is 9.99 Å². The second-order valence-corrected chi connectivity index (χ2v) is 10.4. The number of piperidine rings is 1. The van der Waals surface area contributed by atoms with Crippen LogP contribution < -0.4 is 10.3 Å². The number of aromatic nitrogens is 1. The molecule has 2 aliphatic heterocycles. The number of hydrogen-bond donors (Lipinski definition) is 1. The molecule has 1 aromatic heterocycles. The van der Waals surface area contributed by atoms with E-state index < -0.39 is 50.9 Å². The summed E-state index contributed by atoms with van der Waals surface area (Å²) in [6, 6.07) is 6.01. The lowest BCUT2D eigenvalue weighted by molar-refractivity contribution is -0.141. The number of hydrogen-bond acceptors (Lipinski definition) is 6. The Balaban J connectivity index is 1.85. The van der Waals surface area contributed by atoms with E-state index >= 15 is 0 Å². The minimum atomic E-state index is -4.95. The van der Waals surface area contributed by atoms with E-state index in [9.17, 15) is 35.2 Å². The van der Waals surface area contributed by atoms with Gasteiger partial charge in [0.25, 0.3) is 11.8 Å². The Kier molecular flexibility index (Phi) is 5.83. The van der Waals surface area contributed by atoms with Crippen molar-refractivity contribution in [1.29, 1.82) is 0 Å². The van der Waals surface area contributed by atoms with Crippen molar-refractivity contribution in [3.63, 3.8) is 0 Å². The number of carbonyl (C=O) groups is 1. The first-order chi connectivity index (χ1) is 15.7. The molecule has 13 heteroatoms. The minimum absolute atomic E-state index is 0.0578. The second kappa shape index (κ2) is 8.15. The van der Waals surface area contributed by atoms with Gasteiger partial charge in [-0.3, -0.25) is 9.78 Å². The Bertz CT molecular complexity index is 1220. The van der Waals surface area contributed by atoms with Gasteiger partial charge in [0.2, 0.25) is 0 Å². The fourth-order valence-electron chi connectivity index (χ4n) is 4.22. The number of rotatable bonds is 3. The highest BCUT2D eigenvalue weighted by Gasteiger charge is 2.49. The van der Waals surface area contributed by atoms with Crippen LogP contribution >= 0.6 is 0 Å². The highest BCUT2D eigenvalue weighted by atomic mass is 32.2. The van der Waals surface area contributed by atoms with Crippen LogP contribution in [0, 0.1) is 11.8 Å². The van der Waals surface area contributed by atoms with Gasteiger partial charge in [-0.2, -0.15) is 13.2 Å². The van der Waals surface area contributed by atoms with Gasteiger partial charge in [0, 0.05) is 31.1 Å². The highest BCUT2D eigenvalue weighted by Crippen LogP contribution is 2.41. The van der Waals surface area contributed by atoms with E-state index in [0.717, 1.165) is 29.4 Å². The predicted octanol–water partition coefficient (Wildman–Crippen LogP) is 4.04. The summed E-state index contributed by atoms with van der Waals surface area (Å²) in [4.78, 5) is 16.7. The summed E-state index contributed by atoms with van der Waals surface area (Å²) in [5.74, 6) is -7.02. The monoisotopic (exact) mass is 504 g/mol. The zero-order valence-corrected chi connectivity index (χ0v) is 18.9. The number of benzene rings is 1. The number of alkyl halides is 5. The van der Waals surface area contributed by atoms with E-state index in [1.54, 1.807) is 0 Å². The number of fused-ring (bicyclic) bond motifs is 1. The molecule has 0 spiro atoms. The molecule has 1 fully saturated rings. The molecule has 7 nitrogen and oxygen atoms in total. The van der Waals surface area contributed by atoms with Gasteiger partial charge in [-0.15, -0.1) is 0 Å².